The molecule has 16 heavy (non-hydrogen) atoms. The lowest BCUT2D eigenvalue weighted by Gasteiger charge is -2.00. The molecule has 1 heterocycles. The van der Waals surface area contributed by atoms with E-state index in [-0.39, 0.29) is 0 Å². The van der Waals surface area contributed by atoms with Gasteiger partial charge in [-0.1, -0.05) is 36.4 Å². The summed E-state index contributed by atoms with van der Waals surface area (Å²) in [5.41, 5.74) is 4.15. The largest absolute Gasteiger partial charge is 0.155 e. The number of aromatic nitrogens is 2. The van der Waals surface area contributed by atoms with E-state index in [1.54, 1.807) is 0 Å². The van der Waals surface area contributed by atoms with Crippen molar-refractivity contribution in [2.24, 2.45) is 0 Å². The highest BCUT2D eigenvalue weighted by Gasteiger charge is 1.98. The number of rotatable bonds is 2. The van der Waals surface area contributed by atoms with Gasteiger partial charge < -0.3 is 0 Å². The van der Waals surface area contributed by atoms with E-state index < -0.39 is 0 Å². The van der Waals surface area contributed by atoms with Gasteiger partial charge in [0, 0.05) is 5.56 Å². The van der Waals surface area contributed by atoms with Crippen LogP contribution in [-0.4, -0.2) is 10.2 Å². The minimum atomic E-state index is 0.914. The summed E-state index contributed by atoms with van der Waals surface area (Å²) in [7, 11) is 0. The lowest BCUT2D eigenvalue weighted by molar-refractivity contribution is 0.987. The van der Waals surface area contributed by atoms with Gasteiger partial charge >= 0.3 is 0 Å². The van der Waals surface area contributed by atoms with Crippen LogP contribution in [0.1, 0.15) is 18.2 Å². The zero-order valence-electron chi connectivity index (χ0n) is 9.51. The Labute approximate surface area is 95.7 Å². The van der Waals surface area contributed by atoms with Gasteiger partial charge in [-0.2, -0.15) is 10.2 Å². The van der Waals surface area contributed by atoms with Crippen molar-refractivity contribution < 1.29 is 0 Å². The third-order valence-electron chi connectivity index (χ3n) is 2.36. The molecule has 2 aromatic rings. The van der Waals surface area contributed by atoms with Gasteiger partial charge in [-0.3, -0.25) is 0 Å². The average molecular weight is 210 g/mol. The fourth-order valence-corrected chi connectivity index (χ4v) is 1.51. The summed E-state index contributed by atoms with van der Waals surface area (Å²) in [6.45, 7) is 3.95. The van der Waals surface area contributed by atoms with Crippen LogP contribution in [0.3, 0.4) is 0 Å². The van der Waals surface area contributed by atoms with E-state index in [1.165, 1.54) is 5.56 Å². The molecule has 0 atom stereocenters. The Hall–Kier alpha value is -1.96. The van der Waals surface area contributed by atoms with E-state index in [0.717, 1.165) is 17.0 Å². The molecule has 0 bridgehead atoms. The molecule has 0 fully saturated rings. The van der Waals surface area contributed by atoms with Crippen LogP contribution in [0.5, 0.6) is 0 Å². The molecule has 0 amide bonds. The van der Waals surface area contributed by atoms with Crippen LogP contribution in [-0.2, 0) is 0 Å². The fraction of sp³-hybridized carbons (Fsp3) is 0.143. The Balaban J connectivity index is 2.31. The van der Waals surface area contributed by atoms with Crippen LogP contribution < -0.4 is 0 Å². The maximum atomic E-state index is 4.16. The standard InChI is InChI=1S/C14H14N2/c1-3-4-12-6-8-13(9-7-12)14-10-5-11(2)15-16-14/h3-10H,1-2H3/b4-3+. The van der Waals surface area contributed by atoms with Crippen molar-refractivity contribution in [3.8, 4) is 11.3 Å². The Morgan fingerprint density at radius 2 is 1.69 bits per heavy atom. The maximum absolute atomic E-state index is 4.16. The molecule has 1 aromatic heterocycles. The van der Waals surface area contributed by atoms with E-state index in [2.05, 4.69) is 40.5 Å². The zero-order valence-corrected chi connectivity index (χ0v) is 9.51. The lowest BCUT2D eigenvalue weighted by Crippen LogP contribution is -1.89. The minimum Gasteiger partial charge on any atom is -0.155 e. The predicted octanol–water partition coefficient (Wildman–Crippen LogP) is 3.49. The molecule has 0 N–H and O–H groups in total. The van der Waals surface area contributed by atoms with E-state index in [1.807, 2.05) is 32.1 Å². The quantitative estimate of drug-likeness (QED) is 0.758. The van der Waals surface area contributed by atoms with Gasteiger partial charge in [-0.25, -0.2) is 0 Å². The maximum Gasteiger partial charge on any atom is 0.0929 e. The Bertz CT molecular complexity index is 481. The summed E-state index contributed by atoms with van der Waals surface area (Å²) in [6.07, 6.45) is 4.10. The van der Waals surface area contributed by atoms with Crippen molar-refractivity contribution in [3.63, 3.8) is 0 Å². The number of aryl methyl sites for hydroxylation is 1. The third kappa shape index (κ3) is 2.34. The molecule has 0 saturated heterocycles. The van der Waals surface area contributed by atoms with Gasteiger partial charge in [0.25, 0.3) is 0 Å². The fourth-order valence-electron chi connectivity index (χ4n) is 1.51. The molecule has 0 aliphatic carbocycles. The van der Waals surface area contributed by atoms with Crippen molar-refractivity contribution in [3.05, 3.63) is 53.7 Å². The van der Waals surface area contributed by atoms with Gasteiger partial charge in [0.2, 0.25) is 0 Å². The van der Waals surface area contributed by atoms with Gasteiger partial charge in [0.15, 0.2) is 0 Å². The van der Waals surface area contributed by atoms with Crippen molar-refractivity contribution in [1.82, 2.24) is 10.2 Å². The molecule has 0 spiro atoms. The summed E-state index contributed by atoms with van der Waals surface area (Å²) < 4.78 is 0. The number of nitrogens with zero attached hydrogens (tertiary/aromatic N) is 2. The molecule has 2 heteroatoms. The number of hydrogen-bond acceptors (Lipinski definition) is 2. The summed E-state index contributed by atoms with van der Waals surface area (Å²) in [4.78, 5) is 0. The molecule has 0 aliphatic heterocycles. The van der Waals surface area contributed by atoms with Crippen molar-refractivity contribution >= 4 is 6.08 Å². The topological polar surface area (TPSA) is 25.8 Å². The zero-order chi connectivity index (χ0) is 11.4. The highest BCUT2D eigenvalue weighted by molar-refractivity contribution is 5.61. The smallest absolute Gasteiger partial charge is 0.0929 e. The first-order valence-electron chi connectivity index (χ1n) is 5.33. The third-order valence-corrected chi connectivity index (χ3v) is 2.36. The number of allylic oxidation sites excluding steroid dienone is 1. The Morgan fingerprint density at radius 1 is 0.938 bits per heavy atom. The minimum absolute atomic E-state index is 0.914. The van der Waals surface area contributed by atoms with E-state index in [4.69, 9.17) is 0 Å². The van der Waals surface area contributed by atoms with Crippen LogP contribution in [0.2, 0.25) is 0 Å². The van der Waals surface area contributed by atoms with Crippen molar-refractivity contribution in [1.29, 1.82) is 0 Å². The molecule has 2 nitrogen and oxygen atoms in total. The molecule has 2 rings (SSSR count). The second-order valence-corrected chi connectivity index (χ2v) is 3.68. The predicted molar refractivity (Wildman–Crippen MR) is 66.9 cm³/mol. The Kier molecular flexibility index (Phi) is 3.10. The second-order valence-electron chi connectivity index (χ2n) is 3.68. The van der Waals surface area contributed by atoms with E-state index in [0.29, 0.717) is 0 Å². The van der Waals surface area contributed by atoms with Crippen LogP contribution in [0.25, 0.3) is 17.3 Å². The summed E-state index contributed by atoms with van der Waals surface area (Å²) in [6, 6.07) is 12.3. The number of benzene rings is 1. The average Bonchev–Trinajstić information content (AvgIpc) is 2.32. The van der Waals surface area contributed by atoms with Crippen LogP contribution >= 0.6 is 0 Å². The molecule has 0 unspecified atom stereocenters. The highest BCUT2D eigenvalue weighted by atomic mass is 15.1. The summed E-state index contributed by atoms with van der Waals surface area (Å²) >= 11 is 0. The first-order valence-corrected chi connectivity index (χ1v) is 5.33. The van der Waals surface area contributed by atoms with E-state index >= 15 is 0 Å². The van der Waals surface area contributed by atoms with Crippen LogP contribution in [0.4, 0.5) is 0 Å². The summed E-state index contributed by atoms with van der Waals surface area (Å²) in [5.74, 6) is 0. The van der Waals surface area contributed by atoms with Gasteiger partial charge in [-0.15, -0.1) is 0 Å². The van der Waals surface area contributed by atoms with Crippen molar-refractivity contribution in [2.75, 3.05) is 0 Å². The number of hydrogen-bond donors (Lipinski definition) is 0. The second kappa shape index (κ2) is 4.71. The molecular formula is C14H14N2. The SMILES string of the molecule is C/C=C/c1ccc(-c2ccc(C)nn2)cc1. The summed E-state index contributed by atoms with van der Waals surface area (Å²) in [5, 5.41) is 8.21. The van der Waals surface area contributed by atoms with Gasteiger partial charge in [0.1, 0.15) is 0 Å². The van der Waals surface area contributed by atoms with Crippen LogP contribution in [0, 0.1) is 6.92 Å². The van der Waals surface area contributed by atoms with Crippen molar-refractivity contribution in [2.45, 2.75) is 13.8 Å². The van der Waals surface area contributed by atoms with Crippen LogP contribution in [0.15, 0.2) is 42.5 Å². The molecule has 1 aromatic carbocycles. The molecule has 0 radical (unpaired) electrons. The monoisotopic (exact) mass is 210 g/mol. The van der Waals surface area contributed by atoms with E-state index in [9.17, 15) is 0 Å². The first-order chi connectivity index (χ1) is 7.79. The molecular weight excluding hydrogens is 196 g/mol. The Morgan fingerprint density at radius 3 is 2.25 bits per heavy atom. The lowest BCUT2D eigenvalue weighted by atomic mass is 10.1. The first kappa shape index (κ1) is 10.6. The van der Waals surface area contributed by atoms with Gasteiger partial charge in [-0.05, 0) is 31.5 Å². The molecule has 0 saturated carbocycles. The molecule has 80 valence electrons. The highest BCUT2D eigenvalue weighted by Crippen LogP contribution is 2.17. The normalized spacial score (nSPS) is 10.9. The van der Waals surface area contributed by atoms with Gasteiger partial charge in [0.05, 0.1) is 11.4 Å². The molecule has 0 aliphatic rings.